The van der Waals surface area contributed by atoms with Crippen molar-refractivity contribution < 1.29 is 92.0 Å². The Balaban J connectivity index is 2.04. The molecule has 3 aromatic rings. The van der Waals surface area contributed by atoms with E-state index in [1.165, 1.54) is 100 Å². The zero-order chi connectivity index (χ0) is 106. The molecular formula is C92H155N31O19. The van der Waals surface area contributed by atoms with Crippen molar-refractivity contribution in [3.8, 4) is 17.2 Å². The van der Waals surface area contributed by atoms with Crippen LogP contribution in [0.25, 0.3) is 0 Å². The van der Waals surface area contributed by atoms with Crippen LogP contribution in [0.4, 0.5) is 0 Å². The van der Waals surface area contributed by atoms with Crippen LogP contribution >= 0.6 is 0 Å². The van der Waals surface area contributed by atoms with Gasteiger partial charge in [0.2, 0.25) is 94.5 Å². The molecule has 44 N–H and O–H groups in total. The molecule has 0 fully saturated rings. The van der Waals surface area contributed by atoms with Crippen LogP contribution in [0.2, 0.25) is 0 Å². The molecule has 3 aromatic carbocycles. The van der Waals surface area contributed by atoms with E-state index >= 15 is 4.79 Å². The van der Waals surface area contributed by atoms with E-state index in [-0.39, 0.29) is 198 Å². The van der Waals surface area contributed by atoms with Gasteiger partial charge in [-0.3, -0.25) is 92.9 Å². The summed E-state index contributed by atoms with van der Waals surface area (Å²) in [6.07, 6.45) is 2.97. The van der Waals surface area contributed by atoms with E-state index in [2.05, 4.69) is 95.7 Å². The molecule has 0 saturated heterocycles. The van der Waals surface area contributed by atoms with Crippen LogP contribution in [0.5, 0.6) is 17.2 Å². The first-order valence-electron chi connectivity index (χ1n) is 48.2. The second-order valence-electron chi connectivity index (χ2n) is 34.8. The second-order valence-corrected chi connectivity index (χ2v) is 34.8. The van der Waals surface area contributed by atoms with E-state index in [0.29, 0.717) is 74.6 Å². The summed E-state index contributed by atoms with van der Waals surface area (Å²) in [7, 11) is 0. The molecule has 0 aromatic heterocycles. The minimum atomic E-state index is -1.59. The number of guanidine groups is 3. The Morgan fingerprint density at radius 2 is 0.408 bits per heavy atom. The number of carbonyl (C=O) groups is 16. The summed E-state index contributed by atoms with van der Waals surface area (Å²) in [6, 6.07) is -4.36. The number of benzene rings is 3. The summed E-state index contributed by atoms with van der Waals surface area (Å²) in [6.45, 7) is 6.39. The van der Waals surface area contributed by atoms with Gasteiger partial charge in [-0.2, -0.15) is 0 Å². The number of hydrogen-bond acceptors (Lipinski definition) is 28. The van der Waals surface area contributed by atoms with Gasteiger partial charge in [0.1, 0.15) is 108 Å². The lowest BCUT2D eigenvalue weighted by atomic mass is 10.0. The van der Waals surface area contributed by atoms with Gasteiger partial charge in [-0.1, -0.05) is 36.4 Å². The first-order chi connectivity index (χ1) is 67.6. The molecule has 0 aliphatic rings. The van der Waals surface area contributed by atoms with Crippen molar-refractivity contribution in [3.05, 3.63) is 89.5 Å². The van der Waals surface area contributed by atoms with Crippen LogP contribution in [-0.4, -0.2) is 277 Å². The minimum absolute atomic E-state index is 0.0154. The fourth-order valence-electron chi connectivity index (χ4n) is 14.7. The van der Waals surface area contributed by atoms with Crippen molar-refractivity contribution in [2.75, 3.05) is 58.9 Å². The van der Waals surface area contributed by atoms with Crippen LogP contribution < -0.4 is 153 Å². The van der Waals surface area contributed by atoms with Crippen molar-refractivity contribution in [2.24, 2.45) is 57.3 Å². The normalized spacial score (nSPS) is 14.2. The summed E-state index contributed by atoms with van der Waals surface area (Å²) in [5, 5.41) is 101. The molecule has 0 spiro atoms. The number of carbonyl (C=O) groups excluding carboxylic acids is 16. The van der Waals surface area contributed by atoms with E-state index in [1.54, 1.807) is 0 Å². The second kappa shape index (κ2) is 68.3. The van der Waals surface area contributed by atoms with E-state index < -0.39 is 197 Å². The number of hydrogen-bond donors (Lipinski definition) is 34. The molecule has 142 heavy (non-hydrogen) atoms. The van der Waals surface area contributed by atoms with Gasteiger partial charge in [0.15, 0.2) is 17.9 Å². The van der Waals surface area contributed by atoms with Crippen LogP contribution in [0.1, 0.15) is 198 Å². The SMILES string of the molecule is CC(=O)N[C@@H](CCCCN)C(=O)N[C@@H](CCCNC(=N)N)C(=O)N[C@@H](CCCCN)C(=O)N[C@@H](C)C(=O)N[C@@H](Cc1ccc(O)cc1)C(=O)N[C@@H](CCCCN)C(=O)N[C@@H](CCCNC(=N)N)C(=O)N[C@@H](CCCCN)C(=O)N[C@@H](C)C(=O)N[C@@H](Cc1ccc(O)cc1)C(=O)N[C@@H](CCCCN)C(=O)N[C@@H](CCCNC(=N)N)C(=O)N[C@@H](CCCCN)C(=O)N[C@@H](C)C(=O)N[C@@H](Cc1ccc(O)cc1)C(N)=O. The van der Waals surface area contributed by atoms with Gasteiger partial charge in [0, 0.05) is 45.8 Å². The smallest absolute Gasteiger partial charge is 0.243 e. The van der Waals surface area contributed by atoms with Crippen molar-refractivity contribution in [1.29, 1.82) is 16.2 Å². The lowest BCUT2D eigenvalue weighted by molar-refractivity contribution is -0.136. The molecule has 0 aliphatic carbocycles. The van der Waals surface area contributed by atoms with Crippen molar-refractivity contribution in [1.82, 2.24) is 95.7 Å². The molecule has 0 aliphatic heterocycles. The van der Waals surface area contributed by atoms with E-state index in [4.69, 9.17) is 73.6 Å². The monoisotopic (exact) mass is 2000 g/mol. The van der Waals surface area contributed by atoms with Gasteiger partial charge in [-0.05, 0) is 267 Å². The molecule has 0 heterocycles. The fourth-order valence-corrected chi connectivity index (χ4v) is 14.7. The third kappa shape index (κ3) is 49.8. The summed E-state index contributed by atoms with van der Waals surface area (Å²) >= 11 is 0. The third-order valence-corrected chi connectivity index (χ3v) is 22.7. The Labute approximate surface area is 827 Å². The van der Waals surface area contributed by atoms with Gasteiger partial charge < -0.3 is 168 Å². The maximum Gasteiger partial charge on any atom is 0.243 e. The number of aromatic hydroxyl groups is 3. The van der Waals surface area contributed by atoms with Crippen molar-refractivity contribution >= 4 is 112 Å². The Bertz CT molecular complexity index is 4520. The highest BCUT2D eigenvalue weighted by atomic mass is 16.3. The lowest BCUT2D eigenvalue weighted by Gasteiger charge is -2.28. The Kier molecular flexibility index (Phi) is 58.8. The number of phenols is 3. The number of unbranched alkanes of at least 4 members (excludes halogenated alkanes) is 6. The molecule has 50 heteroatoms. The number of amides is 16. The standard InChI is InChI=1S/C92H155N31O19/c1-53(76(129)121-72(75(99)128)50-57-29-35-60(125)36-30-57)109-79(132)64(21-6-12-42-94)114-86(139)70(27-18-48-107-91(102)103)117-83(136)67(24-9-15-45-97)119-89(142)74(52-59-33-39-62(127)40-34-59)123-78(131)55(3)111-81(134)66(23-8-14-44-96)115-87(140)71(28-19-49-108-92(104)105)118-84(137)68(25-10-16-46-98)120-88(141)73(51-58-31-37-61(126)38-32-58)122-77(130)54(2)110-80(133)65(22-7-13-43-95)113-85(138)69(26-17-47-106-90(100)101)116-82(135)63(112-56(4)124)20-5-11-41-93/h29-40,53-55,63-74,125-127H,5-28,41-52,93-98H2,1-4H3,(H2,99,128)(H,109,132)(H,110,133)(H,111,134)(H,112,124)(H,113,138)(H,114,139)(H,115,140)(H,116,135)(H,117,136)(H,118,137)(H,119,142)(H,120,141)(H,121,129)(H,122,130)(H,123,131)(H4,100,101,106)(H4,102,103,107)(H4,104,105,108)/t53-,54-,55-,63-,64-,65-,66-,67-,68-,69-,70-,71-,72-,73-,74-/m0/s1. The Hall–Kier alpha value is -13.9. The number of phenolic OH excluding ortho intramolecular Hbond substituents is 3. The van der Waals surface area contributed by atoms with Crippen LogP contribution in [0, 0.1) is 16.2 Å². The number of rotatable bonds is 72. The molecule has 16 amide bonds. The topological polar surface area (TPSA) is 882 Å². The highest BCUT2D eigenvalue weighted by molar-refractivity contribution is 6.01. The summed E-state index contributed by atoms with van der Waals surface area (Å²) in [5.41, 5.74) is 58.7. The van der Waals surface area contributed by atoms with Gasteiger partial charge >= 0.3 is 0 Å². The summed E-state index contributed by atoms with van der Waals surface area (Å²) in [4.78, 5) is 228. The fraction of sp³-hybridized carbons (Fsp3) is 0.598. The zero-order valence-electron chi connectivity index (χ0n) is 81.7. The highest BCUT2D eigenvalue weighted by Gasteiger charge is 2.39. The number of primary amides is 1. The number of nitrogens with one attached hydrogen (secondary N) is 21. The molecule has 792 valence electrons. The Morgan fingerprint density at radius 1 is 0.239 bits per heavy atom. The van der Waals surface area contributed by atoms with E-state index in [0.717, 1.165) is 0 Å². The third-order valence-electron chi connectivity index (χ3n) is 22.7. The molecule has 50 nitrogen and oxygen atoms in total. The molecule has 0 saturated carbocycles. The molecule has 0 radical (unpaired) electrons. The highest BCUT2D eigenvalue weighted by Crippen LogP contribution is 2.19. The van der Waals surface area contributed by atoms with Crippen molar-refractivity contribution in [3.63, 3.8) is 0 Å². The van der Waals surface area contributed by atoms with E-state index in [1.807, 2.05) is 0 Å². The summed E-state index contributed by atoms with van der Waals surface area (Å²) in [5.74, 6) is -15.5. The van der Waals surface area contributed by atoms with Crippen LogP contribution in [0.3, 0.4) is 0 Å². The average Bonchev–Trinajstić information content (AvgIpc) is 0.849. The lowest BCUT2D eigenvalue weighted by Crippen LogP contribution is -2.61. The summed E-state index contributed by atoms with van der Waals surface area (Å²) < 4.78 is 0. The minimum Gasteiger partial charge on any atom is -0.508 e. The molecule has 15 atom stereocenters. The van der Waals surface area contributed by atoms with E-state index in [9.17, 15) is 87.2 Å². The molecule has 0 unspecified atom stereocenters. The van der Waals surface area contributed by atoms with Crippen molar-refractivity contribution in [2.45, 2.75) is 292 Å². The molecule has 0 bridgehead atoms. The number of nitrogens with two attached hydrogens (primary N) is 10. The average molecular weight is 2000 g/mol. The zero-order valence-corrected chi connectivity index (χ0v) is 81.7. The quantitative estimate of drug-likeness (QED) is 0.0142. The predicted molar refractivity (Wildman–Crippen MR) is 531 cm³/mol. The first-order valence-corrected chi connectivity index (χ1v) is 48.2. The Morgan fingerprint density at radius 3 is 0.599 bits per heavy atom. The largest absolute Gasteiger partial charge is 0.508 e. The van der Waals surface area contributed by atoms with Crippen LogP contribution in [0.15, 0.2) is 72.8 Å². The maximum atomic E-state index is 15.0. The maximum absolute atomic E-state index is 15.0. The van der Waals surface area contributed by atoms with Gasteiger partial charge in [-0.15, -0.1) is 0 Å². The predicted octanol–water partition coefficient (Wildman–Crippen LogP) is -6.77. The van der Waals surface area contributed by atoms with Crippen LogP contribution in [-0.2, 0) is 96.0 Å². The molecular weight excluding hydrogens is 1840 g/mol. The van der Waals surface area contributed by atoms with Gasteiger partial charge in [-0.25, -0.2) is 0 Å². The first kappa shape index (κ1) is 122. The van der Waals surface area contributed by atoms with Gasteiger partial charge in [0.05, 0.1) is 0 Å². The van der Waals surface area contributed by atoms with Gasteiger partial charge in [0.25, 0.3) is 0 Å². The molecule has 3 rings (SSSR count).